The highest BCUT2D eigenvalue weighted by molar-refractivity contribution is 6.32. The van der Waals surface area contributed by atoms with E-state index in [1.165, 1.54) is 0 Å². The maximum Gasteiger partial charge on any atom is 0.258 e. The number of carbonyl (C=O) groups excluding carboxylic acids is 1. The van der Waals surface area contributed by atoms with Crippen molar-refractivity contribution in [2.24, 2.45) is 11.5 Å². The van der Waals surface area contributed by atoms with Crippen LogP contribution in [0.4, 0.5) is 0 Å². The third kappa shape index (κ3) is 3.12. The maximum atomic E-state index is 10.8. The second-order valence-corrected chi connectivity index (χ2v) is 4.05. The van der Waals surface area contributed by atoms with Crippen LogP contribution in [-0.2, 0) is 4.79 Å². The summed E-state index contributed by atoms with van der Waals surface area (Å²) < 4.78 is 5.29. The van der Waals surface area contributed by atoms with Crippen LogP contribution >= 0.6 is 11.6 Å². The lowest BCUT2D eigenvalue weighted by Crippen LogP contribution is -2.30. The van der Waals surface area contributed by atoms with Gasteiger partial charge in [0.1, 0.15) is 5.75 Å². The Labute approximate surface area is 99.5 Å². The van der Waals surface area contributed by atoms with Gasteiger partial charge in [-0.15, -0.1) is 0 Å². The molecule has 1 amide bonds. The van der Waals surface area contributed by atoms with Crippen LogP contribution in [0.3, 0.4) is 0 Å². The van der Waals surface area contributed by atoms with Gasteiger partial charge in [-0.05, 0) is 31.5 Å². The molecule has 0 aliphatic rings. The van der Waals surface area contributed by atoms with Crippen molar-refractivity contribution >= 4 is 17.5 Å². The van der Waals surface area contributed by atoms with Crippen molar-refractivity contribution < 1.29 is 9.53 Å². The van der Waals surface area contributed by atoms with Crippen LogP contribution < -0.4 is 16.2 Å². The van der Waals surface area contributed by atoms with Crippen molar-refractivity contribution in [3.63, 3.8) is 0 Å². The van der Waals surface area contributed by atoms with E-state index in [1.807, 2.05) is 6.92 Å². The van der Waals surface area contributed by atoms with E-state index in [4.69, 9.17) is 27.8 Å². The van der Waals surface area contributed by atoms with Crippen molar-refractivity contribution in [3.05, 3.63) is 28.8 Å². The highest BCUT2D eigenvalue weighted by atomic mass is 35.5. The van der Waals surface area contributed by atoms with Crippen molar-refractivity contribution in [1.29, 1.82) is 0 Å². The molecule has 0 spiro atoms. The van der Waals surface area contributed by atoms with Crippen molar-refractivity contribution in [3.8, 4) is 5.75 Å². The molecule has 0 bridgehead atoms. The Hall–Kier alpha value is -1.26. The first-order valence-electron chi connectivity index (χ1n) is 4.93. The molecule has 1 unspecified atom stereocenters. The highest BCUT2D eigenvalue weighted by Crippen LogP contribution is 2.28. The Morgan fingerprint density at radius 3 is 2.50 bits per heavy atom. The van der Waals surface area contributed by atoms with Crippen LogP contribution in [0, 0.1) is 0 Å². The van der Waals surface area contributed by atoms with Gasteiger partial charge in [-0.1, -0.05) is 17.7 Å². The van der Waals surface area contributed by atoms with E-state index in [2.05, 4.69) is 0 Å². The van der Waals surface area contributed by atoms with E-state index in [9.17, 15) is 4.79 Å². The molecule has 1 aromatic carbocycles. The number of halogens is 1. The SMILES string of the molecule is CC(Oc1ccc([C@H](C)N)cc1Cl)C(N)=O. The molecular weight excluding hydrogens is 228 g/mol. The second-order valence-electron chi connectivity index (χ2n) is 3.64. The lowest BCUT2D eigenvalue weighted by atomic mass is 10.1. The third-order valence-electron chi connectivity index (χ3n) is 2.19. The number of primary amides is 1. The van der Waals surface area contributed by atoms with Crippen LogP contribution in [0.15, 0.2) is 18.2 Å². The molecule has 5 heteroatoms. The number of carbonyl (C=O) groups is 1. The van der Waals surface area contributed by atoms with E-state index in [1.54, 1.807) is 25.1 Å². The molecule has 0 saturated heterocycles. The van der Waals surface area contributed by atoms with Crippen LogP contribution in [-0.4, -0.2) is 12.0 Å². The summed E-state index contributed by atoms with van der Waals surface area (Å²) in [5.41, 5.74) is 11.7. The molecule has 16 heavy (non-hydrogen) atoms. The Balaban J connectivity index is 2.87. The van der Waals surface area contributed by atoms with Gasteiger partial charge in [-0.3, -0.25) is 4.79 Å². The Bertz CT molecular complexity index is 394. The van der Waals surface area contributed by atoms with Gasteiger partial charge in [0.15, 0.2) is 6.10 Å². The van der Waals surface area contributed by atoms with E-state index < -0.39 is 12.0 Å². The standard InChI is InChI=1S/C11H15ClN2O2/c1-6(13)8-3-4-10(9(12)5-8)16-7(2)11(14)15/h3-7H,13H2,1-2H3,(H2,14,15)/t6-,7?/m0/s1. The molecular formula is C11H15ClN2O2. The summed E-state index contributed by atoms with van der Waals surface area (Å²) in [6, 6.07) is 5.11. The molecule has 0 radical (unpaired) electrons. The topological polar surface area (TPSA) is 78.3 Å². The quantitative estimate of drug-likeness (QED) is 0.842. The van der Waals surface area contributed by atoms with Gasteiger partial charge in [0.25, 0.3) is 5.91 Å². The molecule has 2 atom stereocenters. The minimum Gasteiger partial charge on any atom is -0.479 e. The van der Waals surface area contributed by atoms with Crippen molar-refractivity contribution in [2.75, 3.05) is 0 Å². The Morgan fingerprint density at radius 1 is 1.44 bits per heavy atom. The first-order chi connectivity index (χ1) is 7.41. The minimum atomic E-state index is -0.710. The normalized spacial score (nSPS) is 14.2. The van der Waals surface area contributed by atoms with Gasteiger partial charge in [0, 0.05) is 6.04 Å². The van der Waals surface area contributed by atoms with Gasteiger partial charge >= 0.3 is 0 Å². The minimum absolute atomic E-state index is 0.0971. The fraction of sp³-hybridized carbons (Fsp3) is 0.364. The van der Waals surface area contributed by atoms with Gasteiger partial charge in [-0.25, -0.2) is 0 Å². The number of amides is 1. The summed E-state index contributed by atoms with van der Waals surface area (Å²) in [4.78, 5) is 10.8. The zero-order valence-corrected chi connectivity index (χ0v) is 9.99. The largest absolute Gasteiger partial charge is 0.479 e. The predicted molar refractivity (Wildman–Crippen MR) is 63.3 cm³/mol. The molecule has 4 N–H and O–H groups in total. The maximum absolute atomic E-state index is 10.8. The zero-order chi connectivity index (χ0) is 12.3. The van der Waals surface area contributed by atoms with Gasteiger partial charge in [0.2, 0.25) is 0 Å². The lowest BCUT2D eigenvalue weighted by molar-refractivity contribution is -0.123. The van der Waals surface area contributed by atoms with Gasteiger partial charge in [-0.2, -0.15) is 0 Å². The number of nitrogens with two attached hydrogens (primary N) is 2. The number of benzene rings is 1. The van der Waals surface area contributed by atoms with E-state index in [-0.39, 0.29) is 6.04 Å². The number of ether oxygens (including phenoxy) is 1. The molecule has 0 aliphatic heterocycles. The van der Waals surface area contributed by atoms with Gasteiger partial charge < -0.3 is 16.2 Å². The van der Waals surface area contributed by atoms with Crippen LogP contribution in [0.1, 0.15) is 25.5 Å². The first-order valence-corrected chi connectivity index (χ1v) is 5.30. The molecule has 88 valence electrons. The predicted octanol–water partition coefficient (Wildman–Crippen LogP) is 1.61. The van der Waals surface area contributed by atoms with Crippen molar-refractivity contribution in [2.45, 2.75) is 26.0 Å². The summed E-state index contributed by atoms with van der Waals surface area (Å²) in [5.74, 6) is -0.107. The number of rotatable bonds is 4. The lowest BCUT2D eigenvalue weighted by Gasteiger charge is -2.14. The summed E-state index contributed by atoms with van der Waals surface area (Å²) >= 11 is 5.99. The molecule has 1 rings (SSSR count). The second kappa shape index (κ2) is 5.18. The zero-order valence-electron chi connectivity index (χ0n) is 9.24. The van der Waals surface area contributed by atoms with E-state index >= 15 is 0 Å². The van der Waals surface area contributed by atoms with Gasteiger partial charge in [0.05, 0.1) is 5.02 Å². The average Bonchev–Trinajstić information content (AvgIpc) is 2.20. The number of hydrogen-bond donors (Lipinski definition) is 2. The first kappa shape index (κ1) is 12.8. The molecule has 0 saturated carbocycles. The van der Waals surface area contributed by atoms with Crippen molar-refractivity contribution in [1.82, 2.24) is 0 Å². The fourth-order valence-electron chi connectivity index (χ4n) is 1.14. The molecule has 4 nitrogen and oxygen atoms in total. The summed E-state index contributed by atoms with van der Waals surface area (Å²) in [6.45, 7) is 3.43. The van der Waals surface area contributed by atoms with Crippen LogP contribution in [0.2, 0.25) is 5.02 Å². The van der Waals surface area contributed by atoms with Crippen LogP contribution in [0.5, 0.6) is 5.75 Å². The smallest absolute Gasteiger partial charge is 0.258 e. The highest BCUT2D eigenvalue weighted by Gasteiger charge is 2.13. The molecule has 1 aromatic rings. The third-order valence-corrected chi connectivity index (χ3v) is 2.48. The molecule has 0 heterocycles. The van der Waals surface area contributed by atoms with E-state index in [0.717, 1.165) is 5.56 Å². The number of hydrogen-bond acceptors (Lipinski definition) is 3. The Morgan fingerprint density at radius 2 is 2.06 bits per heavy atom. The monoisotopic (exact) mass is 242 g/mol. The summed E-state index contributed by atoms with van der Waals surface area (Å²) in [7, 11) is 0. The average molecular weight is 243 g/mol. The molecule has 0 aromatic heterocycles. The fourth-order valence-corrected chi connectivity index (χ4v) is 1.38. The molecule has 0 fully saturated rings. The molecule has 0 aliphatic carbocycles. The summed E-state index contributed by atoms with van der Waals surface area (Å²) in [5, 5.41) is 0.419. The Kier molecular flexibility index (Phi) is 4.15. The van der Waals surface area contributed by atoms with Crippen LogP contribution in [0.25, 0.3) is 0 Å². The summed E-state index contributed by atoms with van der Waals surface area (Å²) in [6.07, 6.45) is -0.710. The van der Waals surface area contributed by atoms with E-state index in [0.29, 0.717) is 10.8 Å².